The summed E-state index contributed by atoms with van der Waals surface area (Å²) in [5.41, 5.74) is 4.38. The largest absolute Gasteiger partial charge is 0.434 e. The van der Waals surface area contributed by atoms with Crippen LogP contribution in [0.1, 0.15) is 42.6 Å². The summed E-state index contributed by atoms with van der Waals surface area (Å²) in [4.78, 5) is 15.6. The van der Waals surface area contributed by atoms with Crippen molar-refractivity contribution in [3.63, 3.8) is 0 Å². The van der Waals surface area contributed by atoms with E-state index in [1.54, 1.807) is 27.5 Å². The van der Waals surface area contributed by atoms with Gasteiger partial charge in [-0.1, -0.05) is 62.4 Å². The minimum Gasteiger partial charge on any atom is -0.325 e. The summed E-state index contributed by atoms with van der Waals surface area (Å²) in [6, 6.07) is 15.4. The number of aryl methyl sites for hydroxylation is 1. The van der Waals surface area contributed by atoms with Crippen molar-refractivity contribution in [1.82, 2.24) is 33.6 Å². The third-order valence-corrected chi connectivity index (χ3v) is 7.78. The Morgan fingerprint density at radius 3 is 2.37 bits per heavy atom. The molecular weight excluding hydrogens is 529 g/mol. The van der Waals surface area contributed by atoms with Crippen LogP contribution in [0.25, 0.3) is 33.9 Å². The minimum atomic E-state index is -4.51. The highest BCUT2D eigenvalue weighted by Gasteiger charge is 2.37. The van der Waals surface area contributed by atoms with E-state index in [0.29, 0.717) is 48.4 Å². The highest BCUT2D eigenvalue weighted by molar-refractivity contribution is 5.74. The van der Waals surface area contributed by atoms with E-state index in [-0.39, 0.29) is 11.7 Å². The van der Waals surface area contributed by atoms with Gasteiger partial charge in [0.25, 0.3) is 0 Å². The molecule has 0 spiro atoms. The Hall–Kier alpha value is -4.25. The second kappa shape index (κ2) is 9.99. The molecule has 0 atom stereocenters. The van der Waals surface area contributed by atoms with Gasteiger partial charge in [0.05, 0.1) is 18.8 Å². The predicted molar refractivity (Wildman–Crippen MR) is 150 cm³/mol. The lowest BCUT2D eigenvalue weighted by Gasteiger charge is -2.37. The zero-order valence-electron chi connectivity index (χ0n) is 23.3. The second-order valence-corrected chi connectivity index (χ2v) is 11.0. The van der Waals surface area contributed by atoms with E-state index in [2.05, 4.69) is 34.8 Å². The fourth-order valence-corrected chi connectivity index (χ4v) is 5.49. The van der Waals surface area contributed by atoms with Gasteiger partial charge in [0.15, 0.2) is 17.2 Å². The molecule has 1 fully saturated rings. The molecule has 3 aromatic heterocycles. The van der Waals surface area contributed by atoms with Gasteiger partial charge in [0.1, 0.15) is 11.3 Å². The summed E-state index contributed by atoms with van der Waals surface area (Å²) in [6.45, 7) is 5.98. The number of fused-ring (bicyclic) bond motifs is 1. The second-order valence-electron chi connectivity index (χ2n) is 11.0. The van der Waals surface area contributed by atoms with Gasteiger partial charge in [-0.25, -0.2) is 15.0 Å². The first-order valence-electron chi connectivity index (χ1n) is 13.5. The number of nitrogens with one attached hydrogen (secondary N) is 1. The lowest BCUT2D eigenvalue weighted by molar-refractivity contribution is -0.141. The molecule has 5 aromatic rings. The summed E-state index contributed by atoms with van der Waals surface area (Å²) >= 11 is 0. The molecule has 1 aliphatic heterocycles. The molecule has 0 amide bonds. The van der Waals surface area contributed by atoms with E-state index in [1.807, 2.05) is 49.0 Å². The van der Waals surface area contributed by atoms with E-state index in [4.69, 9.17) is 10.4 Å². The molecule has 8 nitrogen and oxygen atoms in total. The summed E-state index contributed by atoms with van der Waals surface area (Å²) in [5.74, 6) is 1.21. The number of rotatable bonds is 6. The van der Waals surface area contributed by atoms with E-state index >= 15 is 0 Å². The van der Waals surface area contributed by atoms with Gasteiger partial charge in [-0.3, -0.25) is 9.98 Å². The number of halogens is 3. The topological polar surface area (TPSA) is 80.6 Å². The Morgan fingerprint density at radius 2 is 1.71 bits per heavy atom. The Bertz CT molecular complexity index is 1790. The molecule has 1 N–H and O–H groups in total. The smallest absolute Gasteiger partial charge is 0.325 e. The van der Waals surface area contributed by atoms with E-state index < -0.39 is 11.9 Å². The molecule has 0 aliphatic carbocycles. The number of imidazole rings is 2. The zero-order chi connectivity index (χ0) is 29.1. The summed E-state index contributed by atoms with van der Waals surface area (Å²) in [6.07, 6.45) is -1.64. The van der Waals surface area contributed by atoms with Crippen LogP contribution in [-0.4, -0.2) is 53.7 Å². The van der Waals surface area contributed by atoms with E-state index in [0.717, 1.165) is 28.4 Å². The molecule has 1 saturated heterocycles. The molecular formula is C30H31F3N8. The molecule has 6 rings (SSSR count). The monoisotopic (exact) mass is 560 g/mol. The van der Waals surface area contributed by atoms with Crippen molar-refractivity contribution in [2.24, 2.45) is 7.05 Å². The quantitative estimate of drug-likeness (QED) is 0.299. The highest BCUT2D eigenvalue weighted by Crippen LogP contribution is 2.34. The average molecular weight is 561 g/mol. The maximum atomic E-state index is 13.5. The van der Waals surface area contributed by atoms with Gasteiger partial charge in [-0.15, -0.1) is 0 Å². The summed E-state index contributed by atoms with van der Waals surface area (Å²) in [5, 5.41) is 8.75. The summed E-state index contributed by atoms with van der Waals surface area (Å²) in [7, 11) is 3.75. The zero-order valence-corrected chi connectivity index (χ0v) is 23.3. The van der Waals surface area contributed by atoms with Crippen molar-refractivity contribution in [2.45, 2.75) is 38.5 Å². The van der Waals surface area contributed by atoms with E-state index in [9.17, 15) is 13.2 Å². The van der Waals surface area contributed by atoms with Gasteiger partial charge < -0.3 is 14.0 Å². The third-order valence-electron chi connectivity index (χ3n) is 7.78. The predicted octanol–water partition coefficient (Wildman–Crippen LogP) is 5.46. The Morgan fingerprint density at radius 1 is 1.00 bits per heavy atom. The number of hydrogen-bond donors (Lipinski definition) is 1. The normalized spacial score (nSPS) is 14.7. The lowest BCUT2D eigenvalue weighted by Crippen LogP contribution is -2.44. The number of nitrogens with zero attached hydrogens (tertiary/aromatic N) is 7. The fraction of sp³-hybridized carbons (Fsp3) is 0.333. The first-order chi connectivity index (χ1) is 19.5. The molecule has 41 heavy (non-hydrogen) atoms. The van der Waals surface area contributed by atoms with Crippen molar-refractivity contribution in [2.75, 3.05) is 20.1 Å². The van der Waals surface area contributed by atoms with Crippen LogP contribution in [0.3, 0.4) is 0 Å². The van der Waals surface area contributed by atoms with Gasteiger partial charge in [-0.05, 0) is 24.1 Å². The standard InChI is InChI=1S/C30H31F3N8/c1-18(2)22-7-5-6-8-23(22)26-35-13-24-28(37-26)41(29(34)39(24)4)14-19-9-11-20(12-10-19)27-36-25(30(31,32)33)17-40(27)21-15-38(3)16-21/h5-13,17-18,21,34H,14-16H2,1-4H3. The van der Waals surface area contributed by atoms with Crippen molar-refractivity contribution < 1.29 is 13.2 Å². The van der Waals surface area contributed by atoms with E-state index in [1.165, 1.54) is 0 Å². The van der Waals surface area contributed by atoms with Gasteiger partial charge >= 0.3 is 6.18 Å². The van der Waals surface area contributed by atoms with Crippen molar-refractivity contribution in [3.05, 3.63) is 83.4 Å². The van der Waals surface area contributed by atoms with Gasteiger partial charge in [0, 0.05) is 37.5 Å². The fourth-order valence-electron chi connectivity index (χ4n) is 5.49. The molecule has 0 bridgehead atoms. The van der Waals surface area contributed by atoms with Gasteiger partial charge in [0.2, 0.25) is 5.62 Å². The van der Waals surface area contributed by atoms with Crippen LogP contribution in [0, 0.1) is 5.41 Å². The van der Waals surface area contributed by atoms with Crippen LogP contribution in [0.15, 0.2) is 60.9 Å². The molecule has 0 radical (unpaired) electrons. The average Bonchev–Trinajstić information content (AvgIpc) is 3.48. The van der Waals surface area contributed by atoms with Crippen molar-refractivity contribution in [1.29, 1.82) is 5.41 Å². The SMILES string of the molecule is CC(C)c1ccccc1-c1ncc2c(n1)n(Cc1ccc(-c3nc(C(F)(F)F)cn3C3CN(C)C3)cc1)c(=N)n2C. The van der Waals surface area contributed by atoms with Crippen LogP contribution < -0.4 is 5.62 Å². The van der Waals surface area contributed by atoms with Crippen LogP contribution >= 0.6 is 0 Å². The molecule has 0 unspecified atom stereocenters. The number of aromatic nitrogens is 6. The lowest BCUT2D eigenvalue weighted by atomic mass is 9.97. The number of likely N-dealkylation sites (N-methyl/N-ethyl adjacent to an activating group) is 1. The van der Waals surface area contributed by atoms with Crippen LogP contribution in [0.4, 0.5) is 13.2 Å². The van der Waals surface area contributed by atoms with Crippen LogP contribution in [0.5, 0.6) is 0 Å². The first kappa shape index (κ1) is 26.9. The molecule has 1 aliphatic rings. The number of alkyl halides is 3. The molecule has 212 valence electrons. The maximum Gasteiger partial charge on any atom is 0.434 e. The number of benzene rings is 2. The molecule has 2 aromatic carbocycles. The highest BCUT2D eigenvalue weighted by atomic mass is 19.4. The Balaban J connectivity index is 1.35. The minimum absolute atomic E-state index is 0.0508. The maximum absolute atomic E-state index is 13.5. The van der Waals surface area contributed by atoms with Gasteiger partial charge in [-0.2, -0.15) is 13.2 Å². The molecule has 11 heteroatoms. The number of likely N-dealkylation sites (tertiary alicyclic amines) is 1. The van der Waals surface area contributed by atoms with Crippen LogP contribution in [-0.2, 0) is 19.8 Å². The Kier molecular flexibility index (Phi) is 6.56. The number of hydrogen-bond acceptors (Lipinski definition) is 5. The van der Waals surface area contributed by atoms with Crippen molar-refractivity contribution >= 4 is 11.2 Å². The van der Waals surface area contributed by atoms with Crippen molar-refractivity contribution in [3.8, 4) is 22.8 Å². The summed E-state index contributed by atoms with van der Waals surface area (Å²) < 4.78 is 45.7. The molecule has 0 saturated carbocycles. The van der Waals surface area contributed by atoms with Crippen LogP contribution in [0.2, 0.25) is 0 Å². The Labute approximate surface area is 235 Å². The molecule has 4 heterocycles. The first-order valence-corrected chi connectivity index (χ1v) is 13.5. The third kappa shape index (κ3) is 4.84.